The molecule has 1 unspecified atom stereocenters. The molecular formula is C20H19NO3. The Morgan fingerprint density at radius 1 is 1.04 bits per heavy atom. The van der Waals surface area contributed by atoms with E-state index in [4.69, 9.17) is 4.74 Å². The minimum absolute atomic E-state index is 0.186. The van der Waals surface area contributed by atoms with Gasteiger partial charge in [0.05, 0.1) is 12.6 Å². The predicted molar refractivity (Wildman–Crippen MR) is 93.2 cm³/mol. The quantitative estimate of drug-likeness (QED) is 0.533. The number of para-hydroxylation sites is 2. The summed E-state index contributed by atoms with van der Waals surface area (Å²) in [7, 11) is 1.31. The van der Waals surface area contributed by atoms with Gasteiger partial charge in [0.2, 0.25) is 0 Å². The Balaban J connectivity index is 2.05. The predicted octanol–water partition coefficient (Wildman–Crippen LogP) is 3.55. The molecule has 0 N–H and O–H groups in total. The van der Waals surface area contributed by atoms with Crippen molar-refractivity contribution < 1.29 is 14.3 Å². The zero-order chi connectivity index (χ0) is 17.1. The number of hydrogen-bond acceptors (Lipinski definition) is 3. The van der Waals surface area contributed by atoms with Gasteiger partial charge in [0.1, 0.15) is 11.7 Å². The Kier molecular flexibility index (Phi) is 4.47. The fourth-order valence-electron chi connectivity index (χ4n) is 2.97. The Hall–Kier alpha value is -2.88. The number of ether oxygens (including phenoxy) is 1. The molecule has 0 radical (unpaired) electrons. The second kappa shape index (κ2) is 6.71. The maximum atomic E-state index is 11.9. The Morgan fingerprint density at radius 3 is 2.50 bits per heavy atom. The molecule has 2 aromatic carbocycles. The number of fused-ring (bicyclic) bond motifs is 1. The number of rotatable bonds is 5. The molecule has 0 saturated carbocycles. The van der Waals surface area contributed by atoms with E-state index in [2.05, 4.69) is 22.8 Å². The second-order valence-corrected chi connectivity index (χ2v) is 5.76. The van der Waals surface area contributed by atoms with Crippen LogP contribution in [0, 0.1) is 5.92 Å². The van der Waals surface area contributed by atoms with E-state index in [-0.39, 0.29) is 5.78 Å². The van der Waals surface area contributed by atoms with Crippen molar-refractivity contribution in [3.8, 4) is 5.69 Å². The van der Waals surface area contributed by atoms with Gasteiger partial charge in [-0.15, -0.1) is 0 Å². The Bertz CT molecular complexity index is 895. The maximum Gasteiger partial charge on any atom is 0.316 e. The van der Waals surface area contributed by atoms with Crippen molar-refractivity contribution in [2.24, 2.45) is 5.92 Å². The van der Waals surface area contributed by atoms with Crippen LogP contribution in [0.15, 0.2) is 60.8 Å². The van der Waals surface area contributed by atoms with E-state index in [1.807, 2.05) is 42.6 Å². The maximum absolute atomic E-state index is 11.9. The minimum atomic E-state index is -0.780. The van der Waals surface area contributed by atoms with Crippen molar-refractivity contribution in [2.75, 3.05) is 7.11 Å². The average molecular weight is 321 g/mol. The third-order valence-electron chi connectivity index (χ3n) is 4.25. The number of nitrogens with zero attached hydrogens (tertiary/aromatic N) is 1. The molecule has 0 bridgehead atoms. The van der Waals surface area contributed by atoms with Crippen LogP contribution in [0.25, 0.3) is 16.6 Å². The van der Waals surface area contributed by atoms with Crippen LogP contribution in [0.2, 0.25) is 0 Å². The molecule has 0 saturated heterocycles. The summed E-state index contributed by atoms with van der Waals surface area (Å²) >= 11 is 0. The number of carbonyl (C=O) groups excluding carboxylic acids is 2. The van der Waals surface area contributed by atoms with Gasteiger partial charge < -0.3 is 9.30 Å². The number of benzene rings is 2. The van der Waals surface area contributed by atoms with Gasteiger partial charge in [-0.3, -0.25) is 9.59 Å². The minimum Gasteiger partial charge on any atom is -0.468 e. The van der Waals surface area contributed by atoms with Gasteiger partial charge >= 0.3 is 5.97 Å². The van der Waals surface area contributed by atoms with Crippen LogP contribution < -0.4 is 0 Å². The largest absolute Gasteiger partial charge is 0.468 e. The van der Waals surface area contributed by atoms with Gasteiger partial charge in [-0.05, 0) is 42.5 Å². The topological polar surface area (TPSA) is 48.3 Å². The summed E-state index contributed by atoms with van der Waals surface area (Å²) in [6, 6.07) is 18.0. The highest BCUT2D eigenvalue weighted by Gasteiger charge is 2.25. The van der Waals surface area contributed by atoms with Crippen molar-refractivity contribution in [1.29, 1.82) is 0 Å². The molecule has 3 rings (SSSR count). The SMILES string of the molecule is COC(=O)C(Cc1ccccc1-n1ccc2ccccc21)C(C)=O. The molecule has 0 amide bonds. The van der Waals surface area contributed by atoms with Crippen LogP contribution in [0.3, 0.4) is 0 Å². The summed E-state index contributed by atoms with van der Waals surface area (Å²) in [5.41, 5.74) is 2.99. The lowest BCUT2D eigenvalue weighted by Crippen LogP contribution is -2.26. The van der Waals surface area contributed by atoms with Crippen molar-refractivity contribution in [3.05, 3.63) is 66.4 Å². The first-order chi connectivity index (χ1) is 11.6. The van der Waals surface area contributed by atoms with Gasteiger partial charge in [0.25, 0.3) is 0 Å². The standard InChI is InChI=1S/C20H19NO3/c1-14(22)17(20(23)24-2)13-16-8-4-6-10-19(16)21-12-11-15-7-3-5-9-18(15)21/h3-12,17H,13H2,1-2H3. The smallest absolute Gasteiger partial charge is 0.316 e. The number of methoxy groups -OCH3 is 1. The van der Waals surface area contributed by atoms with Gasteiger partial charge in [-0.25, -0.2) is 0 Å². The highest BCUT2D eigenvalue weighted by molar-refractivity contribution is 5.98. The van der Waals surface area contributed by atoms with E-state index in [0.717, 1.165) is 22.2 Å². The number of esters is 1. The highest BCUT2D eigenvalue weighted by atomic mass is 16.5. The third kappa shape index (κ3) is 2.95. The van der Waals surface area contributed by atoms with E-state index >= 15 is 0 Å². The van der Waals surface area contributed by atoms with Gasteiger partial charge in [0, 0.05) is 11.9 Å². The second-order valence-electron chi connectivity index (χ2n) is 5.76. The molecule has 0 fully saturated rings. The van der Waals surface area contributed by atoms with Crippen molar-refractivity contribution in [1.82, 2.24) is 4.57 Å². The van der Waals surface area contributed by atoms with Crippen LogP contribution in [0.4, 0.5) is 0 Å². The monoisotopic (exact) mass is 321 g/mol. The number of Topliss-reactive ketones (excluding diaryl/α,β-unsaturated/α-hetero) is 1. The fraction of sp³-hybridized carbons (Fsp3) is 0.200. The van der Waals surface area contributed by atoms with Crippen LogP contribution in [0.1, 0.15) is 12.5 Å². The summed E-state index contributed by atoms with van der Waals surface area (Å²) in [6.45, 7) is 1.43. The van der Waals surface area contributed by atoms with Crippen LogP contribution in [0.5, 0.6) is 0 Å². The summed E-state index contributed by atoms with van der Waals surface area (Å²) in [4.78, 5) is 23.8. The van der Waals surface area contributed by atoms with Crippen LogP contribution in [-0.2, 0) is 20.7 Å². The van der Waals surface area contributed by atoms with E-state index in [1.54, 1.807) is 0 Å². The number of hydrogen-bond donors (Lipinski definition) is 0. The molecule has 0 aliphatic heterocycles. The normalized spacial score (nSPS) is 12.1. The van der Waals surface area contributed by atoms with Crippen LogP contribution >= 0.6 is 0 Å². The lowest BCUT2D eigenvalue weighted by Gasteiger charge is -2.16. The molecule has 3 aromatic rings. The zero-order valence-electron chi connectivity index (χ0n) is 13.7. The third-order valence-corrected chi connectivity index (χ3v) is 4.25. The first kappa shape index (κ1) is 16.0. The summed E-state index contributed by atoms with van der Waals surface area (Å²) in [6.07, 6.45) is 2.33. The summed E-state index contributed by atoms with van der Waals surface area (Å²) < 4.78 is 6.86. The van der Waals surface area contributed by atoms with E-state index in [0.29, 0.717) is 6.42 Å². The molecule has 1 heterocycles. The molecule has 0 spiro atoms. The molecule has 0 aliphatic carbocycles. The zero-order valence-corrected chi connectivity index (χ0v) is 13.7. The molecule has 4 heteroatoms. The first-order valence-electron chi connectivity index (χ1n) is 7.84. The van der Waals surface area contributed by atoms with E-state index in [9.17, 15) is 9.59 Å². The van der Waals surface area contributed by atoms with Crippen molar-refractivity contribution >= 4 is 22.7 Å². The molecule has 1 aromatic heterocycles. The molecule has 4 nitrogen and oxygen atoms in total. The number of ketones is 1. The summed E-state index contributed by atoms with van der Waals surface area (Å²) in [5.74, 6) is -1.46. The average Bonchev–Trinajstić information content (AvgIpc) is 3.03. The first-order valence-corrected chi connectivity index (χ1v) is 7.84. The highest BCUT2D eigenvalue weighted by Crippen LogP contribution is 2.25. The number of carbonyl (C=O) groups is 2. The van der Waals surface area contributed by atoms with Crippen molar-refractivity contribution in [2.45, 2.75) is 13.3 Å². The van der Waals surface area contributed by atoms with Crippen LogP contribution in [-0.4, -0.2) is 23.4 Å². The van der Waals surface area contributed by atoms with Gasteiger partial charge in [0.15, 0.2) is 0 Å². The van der Waals surface area contributed by atoms with Gasteiger partial charge in [-0.1, -0.05) is 36.4 Å². The van der Waals surface area contributed by atoms with E-state index < -0.39 is 11.9 Å². The van der Waals surface area contributed by atoms with Gasteiger partial charge in [-0.2, -0.15) is 0 Å². The Morgan fingerprint density at radius 2 is 1.75 bits per heavy atom. The van der Waals surface area contributed by atoms with Crippen molar-refractivity contribution in [3.63, 3.8) is 0 Å². The molecule has 122 valence electrons. The molecule has 0 aliphatic rings. The molecule has 1 atom stereocenters. The molecule has 24 heavy (non-hydrogen) atoms. The molecular weight excluding hydrogens is 302 g/mol. The lowest BCUT2D eigenvalue weighted by atomic mass is 9.95. The fourth-order valence-corrected chi connectivity index (χ4v) is 2.97. The number of aromatic nitrogens is 1. The summed E-state index contributed by atoms with van der Waals surface area (Å²) in [5, 5.41) is 1.14. The van der Waals surface area contributed by atoms with E-state index in [1.165, 1.54) is 14.0 Å². The Labute approximate surface area is 140 Å². The lowest BCUT2D eigenvalue weighted by molar-refractivity contribution is -0.148.